The summed E-state index contributed by atoms with van der Waals surface area (Å²) in [5.41, 5.74) is 13.6. The summed E-state index contributed by atoms with van der Waals surface area (Å²) >= 11 is 0. The van der Waals surface area contributed by atoms with Crippen molar-refractivity contribution in [3.63, 3.8) is 0 Å². The van der Waals surface area contributed by atoms with Gasteiger partial charge >= 0.3 is 0 Å². The lowest BCUT2D eigenvalue weighted by Crippen LogP contribution is -2.40. The van der Waals surface area contributed by atoms with E-state index in [2.05, 4.69) is 103 Å². The average molecular weight is 463 g/mol. The van der Waals surface area contributed by atoms with E-state index in [-0.39, 0.29) is 5.41 Å². The minimum absolute atomic E-state index is 0.0572. The number of fused-ring (bicyclic) bond motifs is 3. The van der Waals surface area contributed by atoms with Crippen molar-refractivity contribution in [2.75, 3.05) is 0 Å². The summed E-state index contributed by atoms with van der Waals surface area (Å²) in [6.07, 6.45) is 5.20. The SMILES string of the molecule is Cc1cc2c3c(c(C)c(C)cc3c1)-c1c(c(C3CCC(C)(C)CC3)c3ccccc3[n+]1C)C2(C)C. The maximum absolute atomic E-state index is 2.52. The first-order valence-electron chi connectivity index (χ1n) is 13.5. The number of pyridine rings is 1. The first-order chi connectivity index (χ1) is 16.5. The first kappa shape index (κ1) is 22.8. The Hall–Kier alpha value is -2.67. The fraction of sp³-hybridized carbons (Fsp3) is 0.441. The van der Waals surface area contributed by atoms with Crippen molar-refractivity contribution in [2.45, 2.75) is 85.5 Å². The molecular weight excluding hydrogens is 422 g/mol. The molecule has 1 fully saturated rings. The molecule has 0 atom stereocenters. The summed E-state index contributed by atoms with van der Waals surface area (Å²) in [5.74, 6) is 0.620. The predicted octanol–water partition coefficient (Wildman–Crippen LogP) is 8.73. The van der Waals surface area contributed by atoms with Crippen molar-refractivity contribution in [2.24, 2.45) is 12.5 Å². The standard InChI is InChI=1S/C34H40N/c1-20-17-24-19-21(2)22(3)28-30(24)26(18-20)34(6,7)31-29(23-13-15-33(4,5)16-14-23)25-11-9-10-12-27(25)35(8)32(28)31/h9-12,17-19,23H,13-16H2,1-8H3/q+1. The highest BCUT2D eigenvalue weighted by Crippen LogP contribution is 2.55. The van der Waals surface area contributed by atoms with Crippen molar-refractivity contribution in [3.05, 3.63) is 75.8 Å². The van der Waals surface area contributed by atoms with Crippen molar-refractivity contribution >= 4 is 21.7 Å². The minimum Gasteiger partial charge on any atom is -0.194 e. The fourth-order valence-corrected chi connectivity index (χ4v) is 7.44. The van der Waals surface area contributed by atoms with Gasteiger partial charge in [0, 0.05) is 17.0 Å². The molecule has 0 unspecified atom stereocenters. The zero-order chi connectivity index (χ0) is 24.9. The molecule has 3 aromatic carbocycles. The monoisotopic (exact) mass is 462 g/mol. The Labute approximate surface area is 211 Å². The highest BCUT2D eigenvalue weighted by Gasteiger charge is 2.44. The highest BCUT2D eigenvalue weighted by atomic mass is 14.9. The molecule has 180 valence electrons. The molecule has 0 aliphatic heterocycles. The van der Waals surface area contributed by atoms with Crippen LogP contribution in [0.5, 0.6) is 0 Å². The topological polar surface area (TPSA) is 3.88 Å². The zero-order valence-electron chi connectivity index (χ0n) is 22.9. The normalized spacial score (nSPS) is 18.7. The number of aryl methyl sites for hydroxylation is 3. The van der Waals surface area contributed by atoms with Gasteiger partial charge in [0.15, 0.2) is 0 Å². The Balaban J connectivity index is 1.81. The molecule has 2 aliphatic rings. The van der Waals surface area contributed by atoms with E-state index < -0.39 is 0 Å². The van der Waals surface area contributed by atoms with Crippen LogP contribution in [0.25, 0.3) is 32.9 Å². The number of nitrogens with zero attached hydrogens (tertiary/aromatic N) is 1. The van der Waals surface area contributed by atoms with Crippen LogP contribution >= 0.6 is 0 Å². The van der Waals surface area contributed by atoms with Crippen LogP contribution < -0.4 is 4.57 Å². The lowest BCUT2D eigenvalue weighted by molar-refractivity contribution is -0.634. The van der Waals surface area contributed by atoms with Crippen molar-refractivity contribution in [1.29, 1.82) is 0 Å². The van der Waals surface area contributed by atoms with Gasteiger partial charge in [-0.3, -0.25) is 0 Å². The van der Waals surface area contributed by atoms with Crippen LogP contribution in [0.15, 0.2) is 42.5 Å². The van der Waals surface area contributed by atoms with E-state index in [1.807, 2.05) is 0 Å². The third kappa shape index (κ3) is 3.16. The molecule has 2 aliphatic carbocycles. The molecule has 1 heteroatoms. The summed E-state index contributed by atoms with van der Waals surface area (Å²) in [7, 11) is 2.30. The maximum Gasteiger partial charge on any atom is 0.218 e. The quantitative estimate of drug-likeness (QED) is 0.249. The lowest BCUT2D eigenvalue weighted by Gasteiger charge is -2.40. The van der Waals surface area contributed by atoms with Gasteiger partial charge in [-0.15, -0.1) is 0 Å². The van der Waals surface area contributed by atoms with Gasteiger partial charge in [0.1, 0.15) is 7.05 Å². The van der Waals surface area contributed by atoms with E-state index in [9.17, 15) is 0 Å². The molecule has 6 rings (SSSR count). The number of rotatable bonds is 1. The molecule has 1 heterocycles. The molecule has 0 spiro atoms. The molecule has 0 saturated heterocycles. The van der Waals surface area contributed by atoms with Crippen molar-refractivity contribution < 1.29 is 4.57 Å². The van der Waals surface area contributed by atoms with Crippen LogP contribution in [0.4, 0.5) is 0 Å². The Morgan fingerprint density at radius 3 is 2.29 bits per heavy atom. The average Bonchev–Trinajstić information content (AvgIpc) is 2.80. The van der Waals surface area contributed by atoms with Gasteiger partial charge < -0.3 is 0 Å². The molecule has 1 nitrogen and oxygen atoms in total. The van der Waals surface area contributed by atoms with Crippen LogP contribution in [-0.2, 0) is 12.5 Å². The van der Waals surface area contributed by atoms with E-state index in [4.69, 9.17) is 0 Å². The number of benzene rings is 3. The zero-order valence-corrected chi connectivity index (χ0v) is 22.9. The van der Waals surface area contributed by atoms with Gasteiger partial charge in [0.05, 0.1) is 10.9 Å². The molecule has 0 N–H and O–H groups in total. The number of aromatic nitrogens is 1. The molecular formula is C34H40N+. The van der Waals surface area contributed by atoms with Crippen LogP contribution in [0.2, 0.25) is 0 Å². The molecule has 35 heavy (non-hydrogen) atoms. The second kappa shape index (κ2) is 7.42. The smallest absolute Gasteiger partial charge is 0.194 e. The lowest BCUT2D eigenvalue weighted by atomic mass is 9.63. The number of para-hydroxylation sites is 1. The summed E-state index contributed by atoms with van der Waals surface area (Å²) in [5, 5.41) is 4.33. The molecule has 0 amide bonds. The van der Waals surface area contributed by atoms with Gasteiger partial charge in [0.2, 0.25) is 11.2 Å². The van der Waals surface area contributed by atoms with Crippen molar-refractivity contribution in [3.8, 4) is 11.3 Å². The number of hydrogen-bond acceptors (Lipinski definition) is 0. The maximum atomic E-state index is 2.52. The van der Waals surface area contributed by atoms with E-state index in [0.29, 0.717) is 11.3 Å². The Morgan fingerprint density at radius 1 is 0.886 bits per heavy atom. The Morgan fingerprint density at radius 2 is 1.57 bits per heavy atom. The minimum atomic E-state index is -0.0572. The Bertz CT molecular complexity index is 1520. The molecule has 1 saturated carbocycles. The number of hydrogen-bond donors (Lipinski definition) is 0. The Kier molecular flexibility index (Phi) is 4.83. The molecule has 4 aromatic rings. The third-order valence-electron chi connectivity index (χ3n) is 9.58. The largest absolute Gasteiger partial charge is 0.218 e. The van der Waals surface area contributed by atoms with E-state index in [1.54, 1.807) is 11.1 Å². The third-order valence-corrected chi connectivity index (χ3v) is 9.58. The first-order valence-corrected chi connectivity index (χ1v) is 13.5. The van der Waals surface area contributed by atoms with E-state index >= 15 is 0 Å². The van der Waals surface area contributed by atoms with Gasteiger partial charge in [-0.2, -0.15) is 4.57 Å². The van der Waals surface area contributed by atoms with Crippen LogP contribution in [0.3, 0.4) is 0 Å². The van der Waals surface area contributed by atoms with Crippen LogP contribution in [0, 0.1) is 26.2 Å². The van der Waals surface area contributed by atoms with E-state index in [0.717, 1.165) is 0 Å². The fourth-order valence-electron chi connectivity index (χ4n) is 7.44. The second-order valence-electron chi connectivity index (χ2n) is 12.9. The summed E-state index contributed by atoms with van der Waals surface area (Å²) in [4.78, 5) is 0. The highest BCUT2D eigenvalue weighted by molar-refractivity contribution is 6.05. The summed E-state index contributed by atoms with van der Waals surface area (Å²) in [6, 6.07) is 16.5. The van der Waals surface area contributed by atoms with Crippen LogP contribution in [-0.4, -0.2) is 0 Å². The summed E-state index contributed by atoms with van der Waals surface area (Å²) in [6.45, 7) is 16.8. The van der Waals surface area contributed by atoms with E-state index in [1.165, 1.54) is 80.9 Å². The summed E-state index contributed by atoms with van der Waals surface area (Å²) < 4.78 is 2.52. The molecule has 0 bridgehead atoms. The molecule has 1 aromatic heterocycles. The molecule has 0 radical (unpaired) electrons. The van der Waals surface area contributed by atoms with Gasteiger partial charge in [-0.25, -0.2) is 0 Å². The second-order valence-corrected chi connectivity index (χ2v) is 12.9. The van der Waals surface area contributed by atoms with Gasteiger partial charge in [0.25, 0.3) is 0 Å². The van der Waals surface area contributed by atoms with Crippen molar-refractivity contribution in [1.82, 2.24) is 0 Å². The van der Waals surface area contributed by atoms with Crippen LogP contribution in [0.1, 0.15) is 92.7 Å². The van der Waals surface area contributed by atoms with Gasteiger partial charge in [-0.1, -0.05) is 63.6 Å². The predicted molar refractivity (Wildman–Crippen MR) is 149 cm³/mol. The van der Waals surface area contributed by atoms with Gasteiger partial charge in [-0.05, 0) is 96.9 Å².